The summed E-state index contributed by atoms with van der Waals surface area (Å²) < 4.78 is 10.6. The van der Waals surface area contributed by atoms with Crippen molar-refractivity contribution in [2.24, 2.45) is 5.73 Å². The molecule has 0 spiro atoms. The molecule has 5 heteroatoms. The molecule has 0 fully saturated rings. The molecule has 0 saturated carbocycles. The van der Waals surface area contributed by atoms with Crippen LogP contribution in [0.25, 0.3) is 0 Å². The molecule has 2 N–H and O–H groups in total. The first-order valence-corrected chi connectivity index (χ1v) is 5.99. The lowest BCUT2D eigenvalue weighted by molar-refractivity contribution is 0.285. The van der Waals surface area contributed by atoms with Gasteiger partial charge >= 0.3 is 0 Å². The Morgan fingerprint density at radius 3 is 2.78 bits per heavy atom. The fourth-order valence-electron chi connectivity index (χ4n) is 1.49. The Labute approximate surface area is 106 Å². The second-order valence-corrected chi connectivity index (χ2v) is 4.10. The molecular formula is C13H17N3O2. The first-order valence-electron chi connectivity index (χ1n) is 5.99. The molecule has 0 aliphatic carbocycles. The van der Waals surface area contributed by atoms with Crippen molar-refractivity contribution in [3.63, 3.8) is 0 Å². The van der Waals surface area contributed by atoms with E-state index in [0.717, 1.165) is 12.2 Å². The predicted molar refractivity (Wildman–Crippen MR) is 67.2 cm³/mol. The van der Waals surface area contributed by atoms with Gasteiger partial charge in [-0.05, 0) is 32.0 Å². The van der Waals surface area contributed by atoms with Crippen molar-refractivity contribution in [1.82, 2.24) is 10.1 Å². The minimum Gasteiger partial charge on any atom is -0.485 e. The standard InChI is InChI=1S/C13H17N3O2/c1-10-4-6-11(7-5-10)17-9-12-15-13(18-16-12)3-2-8-14/h4-7H,2-3,8-9,14H2,1H3. The summed E-state index contributed by atoms with van der Waals surface area (Å²) in [6, 6.07) is 7.84. The van der Waals surface area contributed by atoms with Crippen molar-refractivity contribution in [3.8, 4) is 5.75 Å². The zero-order valence-corrected chi connectivity index (χ0v) is 10.4. The summed E-state index contributed by atoms with van der Waals surface area (Å²) in [4.78, 5) is 4.22. The lowest BCUT2D eigenvalue weighted by Crippen LogP contribution is -2.01. The Balaban J connectivity index is 1.86. The number of benzene rings is 1. The second-order valence-electron chi connectivity index (χ2n) is 4.10. The molecule has 2 aromatic rings. The molecule has 18 heavy (non-hydrogen) atoms. The van der Waals surface area contributed by atoms with Gasteiger partial charge in [0.15, 0.2) is 6.61 Å². The SMILES string of the molecule is Cc1ccc(OCc2noc(CCCN)n2)cc1. The predicted octanol–water partition coefficient (Wildman–Crippen LogP) is 1.85. The van der Waals surface area contributed by atoms with Crippen LogP contribution in [-0.2, 0) is 13.0 Å². The van der Waals surface area contributed by atoms with Crippen LogP contribution < -0.4 is 10.5 Å². The summed E-state index contributed by atoms with van der Waals surface area (Å²) >= 11 is 0. The van der Waals surface area contributed by atoms with Gasteiger partial charge in [0, 0.05) is 6.42 Å². The normalized spacial score (nSPS) is 10.6. The Hall–Kier alpha value is -1.88. The van der Waals surface area contributed by atoms with Gasteiger partial charge < -0.3 is 15.0 Å². The highest BCUT2D eigenvalue weighted by molar-refractivity contribution is 5.26. The van der Waals surface area contributed by atoms with Crippen LogP contribution in [0.4, 0.5) is 0 Å². The van der Waals surface area contributed by atoms with Crippen LogP contribution in [0.3, 0.4) is 0 Å². The fraction of sp³-hybridized carbons (Fsp3) is 0.385. The van der Waals surface area contributed by atoms with Gasteiger partial charge in [-0.15, -0.1) is 0 Å². The van der Waals surface area contributed by atoms with E-state index in [4.69, 9.17) is 15.0 Å². The van der Waals surface area contributed by atoms with Crippen molar-refractivity contribution in [3.05, 3.63) is 41.5 Å². The number of aromatic nitrogens is 2. The number of nitrogens with zero attached hydrogens (tertiary/aromatic N) is 2. The van der Waals surface area contributed by atoms with E-state index in [-0.39, 0.29) is 0 Å². The van der Waals surface area contributed by atoms with Gasteiger partial charge in [0.2, 0.25) is 11.7 Å². The second kappa shape index (κ2) is 6.16. The molecule has 0 aliphatic heterocycles. The number of aryl methyl sites for hydroxylation is 2. The number of hydrogen-bond acceptors (Lipinski definition) is 5. The summed E-state index contributed by atoms with van der Waals surface area (Å²) in [6.07, 6.45) is 1.56. The Morgan fingerprint density at radius 1 is 1.28 bits per heavy atom. The summed E-state index contributed by atoms with van der Waals surface area (Å²) in [5.74, 6) is 1.97. The van der Waals surface area contributed by atoms with Crippen molar-refractivity contribution < 1.29 is 9.26 Å². The summed E-state index contributed by atoms with van der Waals surface area (Å²) in [6.45, 7) is 2.97. The van der Waals surface area contributed by atoms with E-state index >= 15 is 0 Å². The number of hydrogen-bond donors (Lipinski definition) is 1. The summed E-state index contributed by atoms with van der Waals surface area (Å²) in [5.41, 5.74) is 6.62. The Morgan fingerprint density at radius 2 is 2.06 bits per heavy atom. The molecule has 2 rings (SSSR count). The van der Waals surface area contributed by atoms with Gasteiger partial charge in [-0.25, -0.2) is 0 Å². The van der Waals surface area contributed by atoms with E-state index in [1.807, 2.05) is 31.2 Å². The molecule has 1 heterocycles. The monoisotopic (exact) mass is 247 g/mol. The van der Waals surface area contributed by atoms with Crippen molar-refractivity contribution in [1.29, 1.82) is 0 Å². The average Bonchev–Trinajstić information content (AvgIpc) is 2.84. The van der Waals surface area contributed by atoms with Crippen molar-refractivity contribution >= 4 is 0 Å². The lowest BCUT2D eigenvalue weighted by atomic mass is 10.2. The highest BCUT2D eigenvalue weighted by atomic mass is 16.5. The van der Waals surface area contributed by atoms with Crippen molar-refractivity contribution in [2.45, 2.75) is 26.4 Å². The maximum absolute atomic E-state index is 5.56. The summed E-state index contributed by atoms with van der Waals surface area (Å²) in [7, 11) is 0. The van der Waals surface area contributed by atoms with E-state index in [9.17, 15) is 0 Å². The third-order valence-electron chi connectivity index (χ3n) is 2.49. The van der Waals surface area contributed by atoms with Crippen LogP contribution in [-0.4, -0.2) is 16.7 Å². The highest BCUT2D eigenvalue weighted by Gasteiger charge is 2.06. The van der Waals surface area contributed by atoms with E-state index in [1.54, 1.807) is 0 Å². The summed E-state index contributed by atoms with van der Waals surface area (Å²) in [5, 5.41) is 3.85. The third-order valence-corrected chi connectivity index (χ3v) is 2.49. The maximum atomic E-state index is 5.56. The topological polar surface area (TPSA) is 74.2 Å². The largest absolute Gasteiger partial charge is 0.485 e. The highest BCUT2D eigenvalue weighted by Crippen LogP contribution is 2.13. The molecule has 96 valence electrons. The van der Waals surface area contributed by atoms with Gasteiger partial charge in [-0.1, -0.05) is 22.9 Å². The van der Waals surface area contributed by atoms with Gasteiger partial charge in [-0.3, -0.25) is 0 Å². The molecule has 1 aromatic heterocycles. The van der Waals surface area contributed by atoms with Crippen LogP contribution in [0.15, 0.2) is 28.8 Å². The first kappa shape index (κ1) is 12.6. The lowest BCUT2D eigenvalue weighted by Gasteiger charge is -2.02. The number of rotatable bonds is 6. The molecule has 1 aromatic carbocycles. The van der Waals surface area contributed by atoms with Crippen LogP contribution in [0.1, 0.15) is 23.7 Å². The van der Waals surface area contributed by atoms with Crippen molar-refractivity contribution in [2.75, 3.05) is 6.54 Å². The fourth-order valence-corrected chi connectivity index (χ4v) is 1.49. The number of nitrogens with two attached hydrogens (primary N) is 1. The van der Waals surface area contributed by atoms with Gasteiger partial charge in [0.1, 0.15) is 5.75 Å². The smallest absolute Gasteiger partial charge is 0.226 e. The molecule has 0 aliphatic rings. The van der Waals surface area contributed by atoms with E-state index < -0.39 is 0 Å². The molecule has 0 radical (unpaired) electrons. The third kappa shape index (κ3) is 3.56. The van der Waals surface area contributed by atoms with E-state index in [2.05, 4.69) is 10.1 Å². The zero-order valence-electron chi connectivity index (χ0n) is 10.4. The van der Waals surface area contributed by atoms with Crippen LogP contribution in [0.2, 0.25) is 0 Å². The maximum Gasteiger partial charge on any atom is 0.226 e. The molecule has 0 amide bonds. The number of ether oxygens (including phenoxy) is 1. The molecule has 0 atom stereocenters. The minimum absolute atomic E-state index is 0.315. The Bertz CT molecular complexity index is 479. The van der Waals surface area contributed by atoms with Gasteiger partial charge in [0.25, 0.3) is 0 Å². The molecular weight excluding hydrogens is 230 g/mol. The van der Waals surface area contributed by atoms with Crippen LogP contribution >= 0.6 is 0 Å². The van der Waals surface area contributed by atoms with E-state index in [1.165, 1.54) is 5.56 Å². The molecule has 0 saturated heterocycles. The Kier molecular flexibility index (Phi) is 4.30. The zero-order chi connectivity index (χ0) is 12.8. The molecule has 0 unspecified atom stereocenters. The molecule has 5 nitrogen and oxygen atoms in total. The van der Waals surface area contributed by atoms with Crippen LogP contribution in [0.5, 0.6) is 5.75 Å². The van der Waals surface area contributed by atoms with Gasteiger partial charge in [0.05, 0.1) is 0 Å². The van der Waals surface area contributed by atoms with E-state index in [0.29, 0.717) is 31.3 Å². The average molecular weight is 247 g/mol. The molecule has 0 bridgehead atoms. The minimum atomic E-state index is 0.315. The van der Waals surface area contributed by atoms with Crippen LogP contribution in [0, 0.1) is 6.92 Å². The first-order chi connectivity index (χ1) is 8.78. The quantitative estimate of drug-likeness (QED) is 0.843. The van der Waals surface area contributed by atoms with Gasteiger partial charge in [-0.2, -0.15) is 4.98 Å².